The van der Waals surface area contributed by atoms with Crippen molar-refractivity contribution in [2.24, 2.45) is 0 Å². The molecule has 0 aliphatic heterocycles. The first-order valence-electron chi connectivity index (χ1n) is 6.61. The number of hydrogen-bond donors (Lipinski definition) is 0. The van der Waals surface area contributed by atoms with Crippen LogP contribution in [0.25, 0.3) is 0 Å². The van der Waals surface area contributed by atoms with E-state index in [1.54, 1.807) is 12.3 Å². The molecule has 0 aliphatic carbocycles. The maximum atomic E-state index is 11.5. The van der Waals surface area contributed by atoms with Crippen LogP contribution in [0.2, 0.25) is 0 Å². The highest BCUT2D eigenvalue weighted by Crippen LogP contribution is 1.93. The molecule has 0 N–H and O–H groups in total. The monoisotopic (exact) mass is 283 g/mol. The Morgan fingerprint density at radius 2 is 1.85 bits per heavy atom. The van der Waals surface area contributed by atoms with Gasteiger partial charge in [-0.25, -0.2) is 0 Å². The quantitative estimate of drug-likeness (QED) is 0.494. The molecule has 6 nitrogen and oxygen atoms in total. The first kappa shape index (κ1) is 16.4. The van der Waals surface area contributed by atoms with Crippen molar-refractivity contribution >= 4 is 5.97 Å². The SMILES string of the molecule is CCOCCOCCOC(=O)Cn1cc(C)ccc1=O. The van der Waals surface area contributed by atoms with Crippen LogP contribution in [0.1, 0.15) is 12.5 Å². The van der Waals surface area contributed by atoms with Gasteiger partial charge in [0.25, 0.3) is 5.56 Å². The largest absolute Gasteiger partial charge is 0.462 e. The molecule has 0 radical (unpaired) electrons. The third kappa shape index (κ3) is 6.49. The number of esters is 1. The van der Waals surface area contributed by atoms with Crippen molar-refractivity contribution in [3.63, 3.8) is 0 Å². The molecular weight excluding hydrogens is 262 g/mol. The Morgan fingerprint density at radius 3 is 2.60 bits per heavy atom. The molecule has 1 aromatic heterocycles. The van der Waals surface area contributed by atoms with Crippen LogP contribution >= 0.6 is 0 Å². The number of nitrogens with zero attached hydrogens (tertiary/aromatic N) is 1. The second-order valence-electron chi connectivity index (χ2n) is 4.20. The zero-order valence-electron chi connectivity index (χ0n) is 12.0. The van der Waals surface area contributed by atoms with E-state index in [1.165, 1.54) is 10.6 Å². The molecule has 0 atom stereocenters. The van der Waals surface area contributed by atoms with Gasteiger partial charge in [-0.2, -0.15) is 0 Å². The number of hydrogen-bond acceptors (Lipinski definition) is 5. The van der Waals surface area contributed by atoms with Crippen LogP contribution < -0.4 is 5.56 Å². The molecule has 0 saturated heterocycles. The van der Waals surface area contributed by atoms with E-state index in [4.69, 9.17) is 14.2 Å². The normalized spacial score (nSPS) is 10.5. The molecule has 1 rings (SSSR count). The average molecular weight is 283 g/mol. The van der Waals surface area contributed by atoms with Crippen LogP contribution in [0, 0.1) is 6.92 Å². The van der Waals surface area contributed by atoms with Crippen LogP contribution in [0.15, 0.2) is 23.1 Å². The summed E-state index contributed by atoms with van der Waals surface area (Å²) in [6.07, 6.45) is 1.63. The summed E-state index contributed by atoms with van der Waals surface area (Å²) >= 11 is 0. The van der Waals surface area contributed by atoms with Gasteiger partial charge in [-0.05, 0) is 19.4 Å². The van der Waals surface area contributed by atoms with Gasteiger partial charge in [-0.3, -0.25) is 9.59 Å². The van der Waals surface area contributed by atoms with Crippen LogP contribution in [0.3, 0.4) is 0 Å². The van der Waals surface area contributed by atoms with E-state index < -0.39 is 5.97 Å². The predicted octanol–water partition coefficient (Wildman–Crippen LogP) is 0.753. The van der Waals surface area contributed by atoms with Gasteiger partial charge in [-0.15, -0.1) is 0 Å². The van der Waals surface area contributed by atoms with Crippen LogP contribution in [-0.4, -0.2) is 43.6 Å². The van der Waals surface area contributed by atoms with Crippen LogP contribution in [0.4, 0.5) is 0 Å². The van der Waals surface area contributed by atoms with E-state index in [1.807, 2.05) is 13.8 Å². The number of carbonyl (C=O) groups excluding carboxylic acids is 1. The minimum Gasteiger partial charge on any atom is -0.462 e. The first-order valence-corrected chi connectivity index (χ1v) is 6.61. The minimum absolute atomic E-state index is 0.0839. The van der Waals surface area contributed by atoms with Crippen molar-refractivity contribution in [2.45, 2.75) is 20.4 Å². The van der Waals surface area contributed by atoms with E-state index in [0.717, 1.165) is 5.56 Å². The van der Waals surface area contributed by atoms with Gasteiger partial charge < -0.3 is 18.8 Å². The topological polar surface area (TPSA) is 66.8 Å². The summed E-state index contributed by atoms with van der Waals surface area (Å²) in [5.74, 6) is -0.453. The molecule has 1 heterocycles. The minimum atomic E-state index is -0.453. The van der Waals surface area contributed by atoms with Gasteiger partial charge in [0.05, 0.1) is 19.8 Å². The van der Waals surface area contributed by atoms with Gasteiger partial charge >= 0.3 is 5.97 Å². The molecule has 1 aromatic rings. The number of carbonyl (C=O) groups is 1. The summed E-state index contributed by atoms with van der Waals surface area (Å²) in [4.78, 5) is 23.0. The lowest BCUT2D eigenvalue weighted by Gasteiger charge is -2.08. The number of pyridine rings is 1. The van der Waals surface area contributed by atoms with E-state index in [2.05, 4.69) is 0 Å². The number of aromatic nitrogens is 1. The van der Waals surface area contributed by atoms with Gasteiger partial charge in [0, 0.05) is 18.9 Å². The van der Waals surface area contributed by atoms with E-state index in [-0.39, 0.29) is 18.7 Å². The fourth-order valence-electron chi connectivity index (χ4n) is 1.54. The highest BCUT2D eigenvalue weighted by atomic mass is 16.6. The third-order valence-corrected chi connectivity index (χ3v) is 2.50. The Hall–Kier alpha value is -1.66. The highest BCUT2D eigenvalue weighted by Gasteiger charge is 2.05. The van der Waals surface area contributed by atoms with Crippen molar-refractivity contribution < 1.29 is 19.0 Å². The molecule has 0 aromatic carbocycles. The van der Waals surface area contributed by atoms with Crippen LogP contribution in [-0.2, 0) is 25.5 Å². The lowest BCUT2D eigenvalue weighted by molar-refractivity contribution is -0.146. The standard InChI is InChI=1S/C14H21NO5/c1-3-18-6-7-19-8-9-20-14(17)11-15-10-12(2)4-5-13(15)16/h4-5,10H,3,6-9,11H2,1-2H3. The Kier molecular flexibility index (Phi) is 7.60. The van der Waals surface area contributed by atoms with Crippen molar-refractivity contribution in [3.05, 3.63) is 34.2 Å². The van der Waals surface area contributed by atoms with Crippen LogP contribution in [0.5, 0.6) is 0 Å². The Bertz CT molecular complexity index is 469. The highest BCUT2D eigenvalue weighted by molar-refractivity contribution is 5.69. The van der Waals surface area contributed by atoms with Gasteiger partial charge in [0.15, 0.2) is 0 Å². The lowest BCUT2D eigenvalue weighted by Crippen LogP contribution is -2.25. The average Bonchev–Trinajstić information content (AvgIpc) is 2.42. The smallest absolute Gasteiger partial charge is 0.326 e. The zero-order chi connectivity index (χ0) is 14.8. The summed E-state index contributed by atoms with van der Waals surface area (Å²) < 4.78 is 16.6. The zero-order valence-corrected chi connectivity index (χ0v) is 12.0. The molecule has 0 bridgehead atoms. The molecule has 0 aliphatic rings. The van der Waals surface area contributed by atoms with E-state index in [9.17, 15) is 9.59 Å². The summed E-state index contributed by atoms with van der Waals surface area (Å²) in [7, 11) is 0. The Labute approximate surface area is 118 Å². The molecule has 0 unspecified atom stereocenters. The predicted molar refractivity (Wildman–Crippen MR) is 73.7 cm³/mol. The first-order chi connectivity index (χ1) is 9.63. The summed E-state index contributed by atoms with van der Waals surface area (Å²) in [6.45, 7) is 5.84. The molecule has 0 amide bonds. The van der Waals surface area contributed by atoms with Gasteiger partial charge in [0.2, 0.25) is 0 Å². The van der Waals surface area contributed by atoms with Gasteiger partial charge in [-0.1, -0.05) is 6.07 Å². The Balaban J connectivity index is 2.20. The molecule has 0 fully saturated rings. The molecule has 0 saturated carbocycles. The lowest BCUT2D eigenvalue weighted by atomic mass is 10.3. The second-order valence-corrected chi connectivity index (χ2v) is 4.20. The molecule has 0 spiro atoms. The van der Waals surface area contributed by atoms with Crippen molar-refractivity contribution in [1.82, 2.24) is 4.57 Å². The Morgan fingerprint density at radius 1 is 1.15 bits per heavy atom. The van der Waals surface area contributed by atoms with E-state index in [0.29, 0.717) is 26.4 Å². The molecular formula is C14H21NO5. The third-order valence-electron chi connectivity index (χ3n) is 2.50. The number of aryl methyl sites for hydroxylation is 1. The number of rotatable bonds is 9. The van der Waals surface area contributed by atoms with E-state index >= 15 is 0 Å². The molecule has 6 heteroatoms. The van der Waals surface area contributed by atoms with Crippen molar-refractivity contribution in [3.8, 4) is 0 Å². The number of ether oxygens (including phenoxy) is 3. The summed E-state index contributed by atoms with van der Waals surface area (Å²) in [6, 6.07) is 3.13. The fraction of sp³-hybridized carbons (Fsp3) is 0.571. The summed E-state index contributed by atoms with van der Waals surface area (Å²) in [5, 5.41) is 0. The van der Waals surface area contributed by atoms with Crippen molar-refractivity contribution in [2.75, 3.05) is 33.0 Å². The molecule has 20 heavy (non-hydrogen) atoms. The summed E-state index contributed by atoms with van der Waals surface area (Å²) in [5.41, 5.74) is 0.692. The molecule has 112 valence electrons. The maximum Gasteiger partial charge on any atom is 0.326 e. The van der Waals surface area contributed by atoms with Crippen molar-refractivity contribution in [1.29, 1.82) is 0 Å². The second kappa shape index (κ2) is 9.28. The maximum absolute atomic E-state index is 11.5. The fourth-order valence-corrected chi connectivity index (χ4v) is 1.54. The van der Waals surface area contributed by atoms with Gasteiger partial charge in [0.1, 0.15) is 13.2 Å².